The summed E-state index contributed by atoms with van der Waals surface area (Å²) in [7, 11) is 1.64. The molecule has 0 bridgehead atoms. The molecule has 0 N–H and O–H groups in total. The van der Waals surface area contributed by atoms with Crippen molar-refractivity contribution in [3.05, 3.63) is 112 Å². The molecular formula is C26H21IN2O3. The van der Waals surface area contributed by atoms with Crippen LogP contribution in [0.1, 0.15) is 21.5 Å². The van der Waals surface area contributed by atoms with Gasteiger partial charge in [0.15, 0.2) is 5.78 Å². The Morgan fingerprint density at radius 1 is 1.06 bits per heavy atom. The molecule has 5 nitrogen and oxygen atoms in total. The number of carbonyl (C=O) groups excluding carboxylic acids is 1. The molecule has 0 atom stereocenters. The monoisotopic (exact) mass is 536 g/mol. The summed E-state index contributed by atoms with van der Waals surface area (Å²) >= 11 is 2.26. The number of methoxy groups -OCH3 is 1. The number of ether oxygens (including phenoxy) is 2. The summed E-state index contributed by atoms with van der Waals surface area (Å²) in [5, 5.41) is 0. The third-order valence-corrected chi connectivity index (χ3v) is 5.61. The Kier molecular flexibility index (Phi) is 7.01. The van der Waals surface area contributed by atoms with E-state index in [2.05, 4.69) is 27.6 Å². The molecule has 0 aliphatic rings. The lowest BCUT2D eigenvalue weighted by molar-refractivity contribution is 0.104. The fraction of sp³-hybridized carbons (Fsp3) is 0.0769. The lowest BCUT2D eigenvalue weighted by atomic mass is 10.1. The van der Waals surface area contributed by atoms with E-state index in [1.165, 1.54) is 0 Å². The predicted molar refractivity (Wildman–Crippen MR) is 133 cm³/mol. The van der Waals surface area contributed by atoms with Gasteiger partial charge >= 0.3 is 0 Å². The molecule has 4 aromatic rings. The fourth-order valence-electron chi connectivity index (χ4n) is 3.18. The van der Waals surface area contributed by atoms with Crippen LogP contribution >= 0.6 is 22.6 Å². The van der Waals surface area contributed by atoms with E-state index < -0.39 is 0 Å². The SMILES string of the molecule is COc1ccc(/C=C/C(=O)c2ccc(-n3ccnc3)cc2)cc1COc1ccc(I)cc1. The lowest BCUT2D eigenvalue weighted by Crippen LogP contribution is -1.99. The highest BCUT2D eigenvalue weighted by Gasteiger charge is 2.07. The van der Waals surface area contributed by atoms with E-state index in [-0.39, 0.29) is 5.78 Å². The fourth-order valence-corrected chi connectivity index (χ4v) is 3.54. The average molecular weight is 536 g/mol. The first-order chi connectivity index (χ1) is 15.6. The highest BCUT2D eigenvalue weighted by atomic mass is 127. The quantitative estimate of drug-likeness (QED) is 0.159. The van der Waals surface area contributed by atoms with Crippen LogP contribution in [0.25, 0.3) is 11.8 Å². The summed E-state index contributed by atoms with van der Waals surface area (Å²) in [5.41, 5.74) is 3.39. The van der Waals surface area contributed by atoms with E-state index in [9.17, 15) is 4.79 Å². The van der Waals surface area contributed by atoms with Crippen molar-refractivity contribution in [3.8, 4) is 17.2 Å². The van der Waals surface area contributed by atoms with Gasteiger partial charge in [0.25, 0.3) is 0 Å². The van der Waals surface area contributed by atoms with E-state index in [1.807, 2.05) is 77.5 Å². The standard InChI is InChI=1S/C26H21IN2O3/c1-31-26-13-3-19(16-21(26)17-32-24-10-6-22(27)7-11-24)2-12-25(30)20-4-8-23(9-5-20)29-15-14-28-18-29/h2-16,18H,17H2,1H3/b12-2+. The predicted octanol–water partition coefficient (Wildman–Crippen LogP) is 5.96. The molecule has 3 aromatic carbocycles. The number of hydrogen-bond acceptors (Lipinski definition) is 4. The number of aromatic nitrogens is 2. The first kappa shape index (κ1) is 21.8. The number of ketones is 1. The molecule has 6 heteroatoms. The Hall–Kier alpha value is -3.39. The van der Waals surface area contributed by atoms with Crippen molar-refractivity contribution in [2.45, 2.75) is 6.61 Å². The second-order valence-corrected chi connectivity index (χ2v) is 8.27. The van der Waals surface area contributed by atoms with Crippen LogP contribution in [0, 0.1) is 3.57 Å². The molecule has 0 fully saturated rings. The van der Waals surface area contributed by atoms with Gasteiger partial charge in [-0.25, -0.2) is 4.98 Å². The number of allylic oxidation sites excluding steroid dienone is 1. The zero-order valence-corrected chi connectivity index (χ0v) is 19.6. The maximum Gasteiger partial charge on any atom is 0.185 e. The van der Waals surface area contributed by atoms with Crippen molar-refractivity contribution in [3.63, 3.8) is 0 Å². The molecule has 4 rings (SSSR count). The van der Waals surface area contributed by atoms with Crippen LogP contribution in [0.2, 0.25) is 0 Å². The number of imidazole rings is 1. The molecule has 0 spiro atoms. The summed E-state index contributed by atoms with van der Waals surface area (Å²) in [5.74, 6) is 1.48. The van der Waals surface area contributed by atoms with Crippen LogP contribution < -0.4 is 9.47 Å². The van der Waals surface area contributed by atoms with Gasteiger partial charge in [0.1, 0.15) is 18.1 Å². The minimum Gasteiger partial charge on any atom is -0.496 e. The Morgan fingerprint density at radius 3 is 2.53 bits per heavy atom. The summed E-state index contributed by atoms with van der Waals surface area (Å²) in [6.45, 7) is 0.370. The molecule has 0 unspecified atom stereocenters. The lowest BCUT2D eigenvalue weighted by Gasteiger charge is -2.11. The number of carbonyl (C=O) groups is 1. The molecule has 0 radical (unpaired) electrons. The van der Waals surface area contributed by atoms with Gasteiger partial charge in [-0.15, -0.1) is 0 Å². The normalized spacial score (nSPS) is 10.9. The highest BCUT2D eigenvalue weighted by molar-refractivity contribution is 14.1. The van der Waals surface area contributed by atoms with E-state index >= 15 is 0 Å². The van der Waals surface area contributed by atoms with E-state index in [4.69, 9.17) is 9.47 Å². The molecule has 0 aliphatic carbocycles. The van der Waals surface area contributed by atoms with Gasteiger partial charge in [0.05, 0.1) is 13.4 Å². The van der Waals surface area contributed by atoms with E-state index in [0.717, 1.165) is 31.9 Å². The highest BCUT2D eigenvalue weighted by Crippen LogP contribution is 2.23. The van der Waals surface area contributed by atoms with E-state index in [1.54, 1.807) is 31.8 Å². The third kappa shape index (κ3) is 5.45. The van der Waals surface area contributed by atoms with Crippen molar-refractivity contribution < 1.29 is 14.3 Å². The van der Waals surface area contributed by atoms with Gasteiger partial charge in [0, 0.05) is 32.8 Å². The minimum absolute atomic E-state index is 0.0605. The molecule has 0 aliphatic heterocycles. The summed E-state index contributed by atoms with van der Waals surface area (Å²) in [4.78, 5) is 16.6. The Bertz CT molecular complexity index is 1220. The first-order valence-corrected chi connectivity index (χ1v) is 11.1. The maximum absolute atomic E-state index is 12.6. The molecule has 0 saturated carbocycles. The number of nitrogens with zero attached hydrogens (tertiary/aromatic N) is 2. The smallest absolute Gasteiger partial charge is 0.185 e. The van der Waals surface area contributed by atoms with Gasteiger partial charge in [-0.3, -0.25) is 4.79 Å². The molecule has 1 heterocycles. The third-order valence-electron chi connectivity index (χ3n) is 4.89. The first-order valence-electron chi connectivity index (χ1n) is 9.98. The Morgan fingerprint density at radius 2 is 1.84 bits per heavy atom. The van der Waals surface area contributed by atoms with Crippen LogP contribution in [0.4, 0.5) is 0 Å². The van der Waals surface area contributed by atoms with Gasteiger partial charge in [-0.05, 0) is 94.9 Å². The van der Waals surface area contributed by atoms with Crippen molar-refractivity contribution >= 4 is 34.5 Å². The van der Waals surface area contributed by atoms with Gasteiger partial charge in [0.2, 0.25) is 0 Å². The summed E-state index contributed by atoms with van der Waals surface area (Å²) in [6.07, 6.45) is 8.69. The number of benzene rings is 3. The van der Waals surface area contributed by atoms with Gasteiger partial charge in [-0.1, -0.05) is 12.1 Å². The van der Waals surface area contributed by atoms with Crippen LogP contribution in [0.5, 0.6) is 11.5 Å². The van der Waals surface area contributed by atoms with Crippen molar-refractivity contribution in [1.82, 2.24) is 9.55 Å². The summed E-state index contributed by atoms with van der Waals surface area (Å²) < 4.78 is 14.4. The number of rotatable bonds is 8. The second-order valence-electron chi connectivity index (χ2n) is 7.03. The van der Waals surface area contributed by atoms with Crippen molar-refractivity contribution in [2.24, 2.45) is 0 Å². The zero-order chi connectivity index (χ0) is 22.3. The molecule has 160 valence electrons. The molecular weight excluding hydrogens is 515 g/mol. The number of hydrogen-bond donors (Lipinski definition) is 0. The van der Waals surface area contributed by atoms with E-state index in [0.29, 0.717) is 12.2 Å². The largest absolute Gasteiger partial charge is 0.496 e. The molecule has 32 heavy (non-hydrogen) atoms. The second kappa shape index (κ2) is 10.3. The average Bonchev–Trinajstić information content (AvgIpc) is 3.37. The number of halogens is 1. The molecule has 1 aromatic heterocycles. The summed E-state index contributed by atoms with van der Waals surface area (Å²) in [6, 6.07) is 21.1. The topological polar surface area (TPSA) is 53.4 Å². The molecule has 0 saturated heterocycles. The minimum atomic E-state index is -0.0605. The Labute approximate surface area is 200 Å². The van der Waals surface area contributed by atoms with Crippen LogP contribution in [-0.2, 0) is 6.61 Å². The van der Waals surface area contributed by atoms with Crippen LogP contribution in [0.15, 0.2) is 91.5 Å². The zero-order valence-electron chi connectivity index (χ0n) is 17.4. The Balaban J connectivity index is 1.45. The van der Waals surface area contributed by atoms with Crippen molar-refractivity contribution in [2.75, 3.05) is 7.11 Å². The molecule has 0 amide bonds. The maximum atomic E-state index is 12.6. The van der Waals surface area contributed by atoms with Gasteiger partial charge in [-0.2, -0.15) is 0 Å². The van der Waals surface area contributed by atoms with Crippen molar-refractivity contribution in [1.29, 1.82) is 0 Å². The van der Waals surface area contributed by atoms with Gasteiger partial charge < -0.3 is 14.0 Å². The van der Waals surface area contributed by atoms with Crippen LogP contribution in [0.3, 0.4) is 0 Å². The van der Waals surface area contributed by atoms with Crippen LogP contribution in [-0.4, -0.2) is 22.4 Å².